The van der Waals surface area contributed by atoms with E-state index in [1.54, 1.807) is 17.1 Å². The lowest BCUT2D eigenvalue weighted by molar-refractivity contribution is 0.0562. The minimum Gasteiger partial charge on any atom is -0.382 e. The zero-order valence-electron chi connectivity index (χ0n) is 22.3. The molecule has 0 saturated carbocycles. The third-order valence-corrected chi connectivity index (χ3v) is 9.23. The molecule has 2 aliphatic heterocycles. The van der Waals surface area contributed by atoms with Crippen LogP contribution in [0.4, 0.5) is 5.82 Å². The Labute approximate surface area is 234 Å². The van der Waals surface area contributed by atoms with Gasteiger partial charge < -0.3 is 10.6 Å². The zero-order chi connectivity index (χ0) is 28.5. The number of hydrogen-bond donors (Lipinski definition) is 2. The minimum atomic E-state index is -3.75. The number of pyridine rings is 1. The maximum absolute atomic E-state index is 13.2. The van der Waals surface area contributed by atoms with Gasteiger partial charge in [0.15, 0.2) is 21.2 Å². The molecule has 0 aromatic carbocycles. The number of carbonyl (C=O) groups excluding carboxylic acids is 1. The number of hydrogen-bond acceptors (Lipinski definition) is 10. The lowest BCUT2D eigenvalue weighted by atomic mass is 9.87. The summed E-state index contributed by atoms with van der Waals surface area (Å²) >= 11 is 0. The van der Waals surface area contributed by atoms with Gasteiger partial charge >= 0.3 is 0 Å². The van der Waals surface area contributed by atoms with Gasteiger partial charge in [0.05, 0.1) is 23.8 Å². The molecule has 3 atom stereocenters. The van der Waals surface area contributed by atoms with Gasteiger partial charge in [0.25, 0.3) is 5.91 Å². The van der Waals surface area contributed by atoms with Crippen molar-refractivity contribution >= 4 is 27.2 Å². The van der Waals surface area contributed by atoms with Gasteiger partial charge in [0.2, 0.25) is 0 Å². The van der Waals surface area contributed by atoms with Crippen LogP contribution < -0.4 is 5.73 Å². The predicted octanol–water partition coefficient (Wildman–Crippen LogP) is 1.85. The van der Waals surface area contributed by atoms with Crippen LogP contribution in [-0.4, -0.2) is 82.3 Å². The summed E-state index contributed by atoms with van der Waals surface area (Å²) in [6.45, 7) is 0. The Balaban J connectivity index is 1.28. The number of amides is 1. The molecule has 14 nitrogen and oxygen atoms in total. The average Bonchev–Trinajstić information content (AvgIpc) is 3.74. The summed E-state index contributed by atoms with van der Waals surface area (Å²) in [6, 6.07) is 5.53. The smallest absolute Gasteiger partial charge is 0.276 e. The first-order valence-electron chi connectivity index (χ1n) is 13.2. The third kappa shape index (κ3) is 4.15. The monoisotopic (exact) mass is 573 g/mol. The van der Waals surface area contributed by atoms with Crippen LogP contribution in [0.15, 0.2) is 47.9 Å². The second-order valence-electron chi connectivity index (χ2n) is 10.7. The number of fused-ring (bicyclic) bond motifs is 3. The number of aryl methyl sites for hydroxylation is 1. The number of nitrogens with zero attached hydrogens (tertiary/aromatic N) is 9. The maximum Gasteiger partial charge on any atom is 0.276 e. The van der Waals surface area contributed by atoms with Crippen LogP contribution >= 0.6 is 0 Å². The quantitative estimate of drug-likeness (QED) is 0.315. The maximum atomic E-state index is 13.2. The molecule has 7 heterocycles. The van der Waals surface area contributed by atoms with Gasteiger partial charge in [0, 0.05) is 54.8 Å². The second kappa shape index (κ2) is 9.19. The van der Waals surface area contributed by atoms with E-state index in [1.165, 1.54) is 10.7 Å². The van der Waals surface area contributed by atoms with E-state index in [0.29, 0.717) is 29.7 Å². The topological polar surface area (TPSA) is 183 Å². The summed E-state index contributed by atoms with van der Waals surface area (Å²) < 4.78 is 29.2. The first-order valence-corrected chi connectivity index (χ1v) is 15.1. The molecule has 1 amide bonds. The number of H-pyrrole nitrogens is 1. The highest BCUT2D eigenvalue weighted by Crippen LogP contribution is 2.45. The largest absolute Gasteiger partial charge is 0.382 e. The molecule has 41 heavy (non-hydrogen) atoms. The number of piperidine rings is 1. The zero-order valence-corrected chi connectivity index (χ0v) is 23.2. The van der Waals surface area contributed by atoms with Crippen LogP contribution in [0.2, 0.25) is 0 Å². The molecule has 0 unspecified atom stereocenters. The van der Waals surface area contributed by atoms with E-state index in [-0.39, 0.29) is 40.3 Å². The van der Waals surface area contributed by atoms with Crippen molar-refractivity contribution in [1.29, 1.82) is 0 Å². The highest BCUT2D eigenvalue weighted by Gasteiger charge is 2.46. The van der Waals surface area contributed by atoms with Crippen molar-refractivity contribution in [3.05, 3.63) is 54.4 Å². The Morgan fingerprint density at radius 3 is 2.46 bits per heavy atom. The van der Waals surface area contributed by atoms with Crippen LogP contribution in [0, 0.1) is 0 Å². The standard InChI is InChI=1S/C26H27N11O3S/c1-35-8-7-20(33-35)19-6-3-14(11-28-19)18-12-30-37-24(27)23(41(2,39)40)22(31-25(18)37)15-9-16-4-5-17(10-15)36(16)26(38)21-13-29-34-32-21/h3,6-8,11-13,15-17H,4-5,9-10,27H2,1-2H3,(H,29,32,34)/t15-,16-,17+. The van der Waals surface area contributed by atoms with Gasteiger partial charge in [-0.2, -0.15) is 30.1 Å². The molecule has 0 spiro atoms. The summed E-state index contributed by atoms with van der Waals surface area (Å²) in [5.74, 6) is -0.362. The molecule has 5 aromatic heterocycles. The Hall–Kier alpha value is -4.66. The number of rotatable bonds is 5. The Morgan fingerprint density at radius 2 is 1.85 bits per heavy atom. The highest BCUT2D eigenvalue weighted by molar-refractivity contribution is 7.91. The fraction of sp³-hybridized carbons (Fsp3) is 0.346. The molecule has 0 radical (unpaired) electrons. The number of nitrogens with two attached hydrogens (primary N) is 1. The van der Waals surface area contributed by atoms with Gasteiger partial charge in [-0.05, 0) is 37.8 Å². The Bertz CT molecular complexity index is 1880. The molecule has 15 heteroatoms. The normalized spacial score (nSPS) is 20.6. The number of nitrogens with one attached hydrogen (secondary N) is 1. The first-order chi connectivity index (χ1) is 19.7. The third-order valence-electron chi connectivity index (χ3n) is 8.07. The summed E-state index contributed by atoms with van der Waals surface area (Å²) in [4.78, 5) is 24.5. The molecule has 0 aliphatic carbocycles. The fourth-order valence-corrected chi connectivity index (χ4v) is 7.36. The number of nitrogen functional groups attached to an aromatic ring is 1. The molecule has 210 valence electrons. The number of anilines is 1. The van der Waals surface area contributed by atoms with Gasteiger partial charge in [-0.25, -0.2) is 13.4 Å². The van der Waals surface area contributed by atoms with E-state index in [1.807, 2.05) is 36.3 Å². The molecular formula is C26H27N11O3S. The lowest BCUT2D eigenvalue weighted by Crippen LogP contribution is -2.46. The molecule has 2 saturated heterocycles. The molecule has 2 bridgehead atoms. The van der Waals surface area contributed by atoms with E-state index in [4.69, 9.17) is 10.7 Å². The van der Waals surface area contributed by atoms with Crippen molar-refractivity contribution in [3.8, 4) is 22.5 Å². The molecule has 7 rings (SSSR count). The molecule has 3 N–H and O–H groups in total. The number of aromatic amines is 1. The van der Waals surface area contributed by atoms with E-state index in [9.17, 15) is 13.2 Å². The lowest BCUT2D eigenvalue weighted by Gasteiger charge is -2.38. The van der Waals surface area contributed by atoms with Crippen LogP contribution in [-0.2, 0) is 16.9 Å². The van der Waals surface area contributed by atoms with Crippen LogP contribution in [0.5, 0.6) is 0 Å². The van der Waals surface area contributed by atoms with Crippen LogP contribution in [0.1, 0.15) is 47.8 Å². The van der Waals surface area contributed by atoms with Crippen molar-refractivity contribution in [2.24, 2.45) is 7.05 Å². The number of carbonyl (C=O) groups is 1. The van der Waals surface area contributed by atoms with E-state index < -0.39 is 9.84 Å². The summed E-state index contributed by atoms with van der Waals surface area (Å²) in [5.41, 5.74) is 10.6. The van der Waals surface area contributed by atoms with Crippen molar-refractivity contribution in [3.63, 3.8) is 0 Å². The van der Waals surface area contributed by atoms with E-state index in [0.717, 1.165) is 36.0 Å². The summed E-state index contributed by atoms with van der Waals surface area (Å²) in [7, 11) is -1.90. The average molecular weight is 574 g/mol. The van der Waals surface area contributed by atoms with E-state index in [2.05, 4.69) is 30.6 Å². The number of sulfone groups is 1. The summed E-state index contributed by atoms with van der Waals surface area (Å²) in [5, 5.41) is 19.0. The summed E-state index contributed by atoms with van der Waals surface area (Å²) in [6.07, 6.45) is 10.5. The fourth-order valence-electron chi connectivity index (χ4n) is 6.30. The molecular weight excluding hydrogens is 546 g/mol. The number of aromatic nitrogens is 9. The molecule has 2 fully saturated rings. The Kier molecular flexibility index (Phi) is 5.67. The minimum absolute atomic E-state index is 0.0102. The Morgan fingerprint density at radius 1 is 1.07 bits per heavy atom. The molecule has 2 aliphatic rings. The SMILES string of the molecule is Cn1ccc(-c2ccc(-c3cnn4c(N)c(S(C)(=O)=O)c([C@@H]5C[C@H]6CC[C@@H](C5)N6C(=O)c5cn[nH]n5)nc34)cn2)n1. The van der Waals surface area contributed by atoms with E-state index >= 15 is 0 Å². The highest BCUT2D eigenvalue weighted by atomic mass is 32.2. The van der Waals surface area contributed by atoms with Crippen LogP contribution in [0.25, 0.3) is 28.2 Å². The van der Waals surface area contributed by atoms with Crippen molar-refractivity contribution in [1.82, 2.24) is 49.7 Å². The van der Waals surface area contributed by atoms with Gasteiger partial charge in [0.1, 0.15) is 16.4 Å². The second-order valence-corrected chi connectivity index (χ2v) is 12.7. The first kappa shape index (κ1) is 25.3. The van der Waals surface area contributed by atoms with Gasteiger partial charge in [-0.1, -0.05) is 6.07 Å². The van der Waals surface area contributed by atoms with Crippen molar-refractivity contribution < 1.29 is 13.2 Å². The van der Waals surface area contributed by atoms with Gasteiger partial charge in [-0.3, -0.25) is 14.5 Å². The predicted molar refractivity (Wildman–Crippen MR) is 147 cm³/mol. The van der Waals surface area contributed by atoms with Crippen molar-refractivity contribution in [2.75, 3.05) is 12.0 Å². The molecule has 5 aromatic rings. The van der Waals surface area contributed by atoms with Gasteiger partial charge in [-0.15, -0.1) is 0 Å². The van der Waals surface area contributed by atoms with Crippen LogP contribution in [0.3, 0.4) is 0 Å². The van der Waals surface area contributed by atoms with Crippen molar-refractivity contribution in [2.45, 2.75) is 48.6 Å².